The summed E-state index contributed by atoms with van der Waals surface area (Å²) in [5.74, 6) is 1.04. The molecule has 1 fully saturated rings. The van der Waals surface area contributed by atoms with Crippen LogP contribution in [0.1, 0.15) is 45.4 Å². The van der Waals surface area contributed by atoms with Crippen molar-refractivity contribution in [3.63, 3.8) is 0 Å². The highest BCUT2D eigenvalue weighted by molar-refractivity contribution is 5.89. The Morgan fingerprint density at radius 2 is 1.40 bits per heavy atom. The monoisotopic (exact) mass is 478 g/mol. The van der Waals surface area contributed by atoms with Crippen LogP contribution in [0.4, 0.5) is 0 Å². The van der Waals surface area contributed by atoms with E-state index in [1.807, 2.05) is 48.5 Å². The van der Waals surface area contributed by atoms with Gasteiger partial charge in [0.2, 0.25) is 0 Å². The Bertz CT molecular complexity index is 990. The summed E-state index contributed by atoms with van der Waals surface area (Å²) >= 11 is 0. The number of ether oxygens (including phenoxy) is 4. The second-order valence-corrected chi connectivity index (χ2v) is 8.70. The van der Waals surface area contributed by atoms with Gasteiger partial charge < -0.3 is 18.9 Å². The van der Waals surface area contributed by atoms with E-state index in [1.54, 1.807) is 6.92 Å². The van der Waals surface area contributed by atoms with Crippen molar-refractivity contribution in [3.8, 4) is 22.6 Å². The third kappa shape index (κ3) is 8.63. The first-order valence-corrected chi connectivity index (χ1v) is 12.1. The van der Waals surface area contributed by atoms with Crippen LogP contribution in [-0.2, 0) is 19.1 Å². The minimum Gasteiger partial charge on any atom is -0.494 e. The van der Waals surface area contributed by atoms with Crippen molar-refractivity contribution in [1.29, 1.82) is 0 Å². The Morgan fingerprint density at radius 3 is 1.89 bits per heavy atom. The van der Waals surface area contributed by atoms with Gasteiger partial charge in [0, 0.05) is 17.6 Å². The lowest BCUT2D eigenvalue weighted by Crippen LogP contribution is -2.07. The zero-order valence-corrected chi connectivity index (χ0v) is 20.4. The Hall–Kier alpha value is -3.54. The van der Waals surface area contributed by atoms with Crippen LogP contribution >= 0.6 is 0 Å². The van der Waals surface area contributed by atoms with Crippen LogP contribution in [0.2, 0.25) is 0 Å². The minimum atomic E-state index is -0.349. The normalized spacial score (nSPS) is 14.9. The third-order valence-electron chi connectivity index (χ3n) is 5.66. The summed E-state index contributed by atoms with van der Waals surface area (Å²) in [4.78, 5) is 22.7. The van der Waals surface area contributed by atoms with Crippen LogP contribution in [0.5, 0.6) is 11.5 Å². The topological polar surface area (TPSA) is 71.1 Å². The van der Waals surface area contributed by atoms with Crippen LogP contribution in [0.15, 0.2) is 72.8 Å². The maximum Gasteiger partial charge on any atom is 0.333 e. The SMILES string of the molecule is C=C(C)C(=O)OCCCCOc1ccc(-c2ccc(OCCCCC3CC(=C)C(=O)O3)cc2)cc1. The van der Waals surface area contributed by atoms with E-state index in [0.29, 0.717) is 37.4 Å². The van der Waals surface area contributed by atoms with Crippen molar-refractivity contribution >= 4 is 11.9 Å². The van der Waals surface area contributed by atoms with E-state index in [4.69, 9.17) is 18.9 Å². The molecule has 0 bridgehead atoms. The predicted octanol–water partition coefficient (Wildman–Crippen LogP) is 6.05. The Labute approximate surface area is 207 Å². The summed E-state index contributed by atoms with van der Waals surface area (Å²) in [5, 5.41) is 0. The molecule has 1 atom stereocenters. The van der Waals surface area contributed by atoms with Gasteiger partial charge in [0.05, 0.1) is 19.8 Å². The molecule has 0 N–H and O–H groups in total. The van der Waals surface area contributed by atoms with Crippen LogP contribution in [0.3, 0.4) is 0 Å². The van der Waals surface area contributed by atoms with E-state index in [1.165, 1.54) is 0 Å². The van der Waals surface area contributed by atoms with Crippen molar-refractivity contribution in [1.82, 2.24) is 0 Å². The smallest absolute Gasteiger partial charge is 0.333 e. The van der Waals surface area contributed by atoms with E-state index >= 15 is 0 Å². The van der Waals surface area contributed by atoms with Gasteiger partial charge in [0.15, 0.2) is 0 Å². The van der Waals surface area contributed by atoms with E-state index in [9.17, 15) is 9.59 Å². The summed E-state index contributed by atoms with van der Waals surface area (Å²) in [6.07, 6.45) is 4.86. The maximum absolute atomic E-state index is 11.3. The van der Waals surface area contributed by atoms with Gasteiger partial charge in [0.25, 0.3) is 0 Å². The Balaban J connectivity index is 1.31. The molecule has 6 nitrogen and oxygen atoms in total. The van der Waals surface area contributed by atoms with Gasteiger partial charge >= 0.3 is 11.9 Å². The fraction of sp³-hybridized carbons (Fsp3) is 0.379. The molecule has 1 unspecified atom stereocenters. The first-order valence-electron chi connectivity index (χ1n) is 12.1. The van der Waals surface area contributed by atoms with Crippen LogP contribution in [0.25, 0.3) is 11.1 Å². The van der Waals surface area contributed by atoms with Crippen molar-refractivity contribution in [2.75, 3.05) is 19.8 Å². The first kappa shape index (κ1) is 26.1. The van der Waals surface area contributed by atoms with Gasteiger partial charge in [-0.15, -0.1) is 0 Å². The molecule has 3 rings (SSSR count). The van der Waals surface area contributed by atoms with Gasteiger partial charge in [-0.2, -0.15) is 0 Å². The second kappa shape index (κ2) is 13.4. The van der Waals surface area contributed by atoms with Crippen molar-refractivity contribution < 1.29 is 28.5 Å². The summed E-state index contributed by atoms with van der Waals surface area (Å²) in [6.45, 7) is 10.5. The number of unbranched alkanes of at least 4 members (excludes halogenated alkanes) is 2. The average Bonchev–Trinajstić information content (AvgIpc) is 3.18. The number of cyclic esters (lactones) is 1. The van der Waals surface area contributed by atoms with E-state index in [2.05, 4.69) is 13.2 Å². The largest absolute Gasteiger partial charge is 0.494 e. The molecule has 1 heterocycles. The molecular formula is C29H34O6. The number of hydrogen-bond donors (Lipinski definition) is 0. The molecule has 2 aromatic carbocycles. The average molecular weight is 479 g/mol. The van der Waals surface area contributed by atoms with Crippen molar-refractivity contribution in [3.05, 3.63) is 72.8 Å². The number of carbonyl (C=O) groups excluding carboxylic acids is 2. The standard InChI is InChI=1S/C29H34O6/c1-21(2)28(30)34-19-7-6-18-33-26-15-11-24(12-16-26)23-9-13-25(14-10-23)32-17-5-4-8-27-20-22(3)29(31)35-27/h9-16,27H,1,3-8,17-20H2,2H3. The molecule has 0 aromatic heterocycles. The number of benzene rings is 2. The molecule has 1 aliphatic heterocycles. The molecule has 1 saturated heterocycles. The molecule has 0 saturated carbocycles. The van der Waals surface area contributed by atoms with Gasteiger partial charge in [0.1, 0.15) is 17.6 Å². The van der Waals surface area contributed by atoms with Gasteiger partial charge in [-0.1, -0.05) is 37.4 Å². The van der Waals surface area contributed by atoms with Crippen molar-refractivity contribution in [2.24, 2.45) is 0 Å². The lowest BCUT2D eigenvalue weighted by Gasteiger charge is -2.10. The molecule has 35 heavy (non-hydrogen) atoms. The number of rotatable bonds is 14. The highest BCUT2D eigenvalue weighted by Crippen LogP contribution is 2.25. The fourth-order valence-electron chi connectivity index (χ4n) is 3.63. The highest BCUT2D eigenvalue weighted by Gasteiger charge is 2.26. The summed E-state index contributed by atoms with van der Waals surface area (Å²) in [5.41, 5.74) is 3.19. The quantitative estimate of drug-likeness (QED) is 0.187. The molecule has 0 aliphatic carbocycles. The molecular weight excluding hydrogens is 444 g/mol. The molecule has 6 heteroatoms. The molecule has 0 radical (unpaired) electrons. The van der Waals surface area contributed by atoms with E-state index < -0.39 is 0 Å². The highest BCUT2D eigenvalue weighted by atomic mass is 16.6. The summed E-state index contributed by atoms with van der Waals surface area (Å²) < 4.78 is 21.9. The zero-order valence-electron chi connectivity index (χ0n) is 20.4. The minimum absolute atomic E-state index is 0.0237. The molecule has 0 spiro atoms. The second-order valence-electron chi connectivity index (χ2n) is 8.70. The third-order valence-corrected chi connectivity index (χ3v) is 5.66. The molecule has 2 aromatic rings. The predicted molar refractivity (Wildman–Crippen MR) is 135 cm³/mol. The first-order chi connectivity index (χ1) is 16.9. The van der Waals surface area contributed by atoms with Crippen LogP contribution in [0, 0.1) is 0 Å². The van der Waals surface area contributed by atoms with Crippen LogP contribution in [-0.4, -0.2) is 37.9 Å². The number of hydrogen-bond acceptors (Lipinski definition) is 6. The van der Waals surface area contributed by atoms with Gasteiger partial charge in [-0.25, -0.2) is 9.59 Å². The summed E-state index contributed by atoms with van der Waals surface area (Å²) in [7, 11) is 0. The van der Waals surface area contributed by atoms with Gasteiger partial charge in [-0.3, -0.25) is 0 Å². The molecule has 186 valence electrons. The van der Waals surface area contributed by atoms with E-state index in [0.717, 1.165) is 54.7 Å². The van der Waals surface area contributed by atoms with Crippen molar-refractivity contribution in [2.45, 2.75) is 51.6 Å². The molecule has 0 amide bonds. The Morgan fingerprint density at radius 1 is 0.886 bits per heavy atom. The van der Waals surface area contributed by atoms with Gasteiger partial charge in [-0.05, 0) is 74.4 Å². The van der Waals surface area contributed by atoms with E-state index in [-0.39, 0.29) is 18.0 Å². The number of carbonyl (C=O) groups is 2. The lowest BCUT2D eigenvalue weighted by molar-refractivity contribution is -0.140. The maximum atomic E-state index is 11.3. The summed E-state index contributed by atoms with van der Waals surface area (Å²) in [6, 6.07) is 16.0. The molecule has 1 aliphatic rings. The van der Waals surface area contributed by atoms with Crippen LogP contribution < -0.4 is 9.47 Å². The fourth-order valence-corrected chi connectivity index (χ4v) is 3.63. The number of esters is 2. The Kier molecular flexibility index (Phi) is 9.96. The lowest BCUT2D eigenvalue weighted by atomic mass is 10.1. The zero-order chi connectivity index (χ0) is 25.0.